The normalized spacial score (nSPS) is 11.4. The zero-order chi connectivity index (χ0) is 89.6. The number of nitrogens with zero attached hydrogens (tertiary/aromatic N) is 3. The molecule has 13 aromatic carbocycles. The molecule has 0 heterocycles. The Morgan fingerprint density at radius 3 is 0.543 bits per heavy atom. The summed E-state index contributed by atoms with van der Waals surface area (Å²) in [6.45, 7) is 2.65. The minimum atomic E-state index is -0.876. The summed E-state index contributed by atoms with van der Waals surface area (Å²) in [4.78, 5) is 129. The van der Waals surface area contributed by atoms with Gasteiger partial charge in [-0.2, -0.15) is 0 Å². The lowest BCUT2D eigenvalue weighted by molar-refractivity contribution is -0.145. The van der Waals surface area contributed by atoms with Gasteiger partial charge in [0.25, 0.3) is 0 Å². The van der Waals surface area contributed by atoms with Crippen LogP contribution in [0.1, 0.15) is 122 Å². The van der Waals surface area contributed by atoms with Crippen LogP contribution in [0.25, 0.3) is 64.6 Å². The molecule has 129 heavy (non-hydrogen) atoms. The summed E-state index contributed by atoms with van der Waals surface area (Å²) in [5.41, 5.74) is 5.82. The molecule has 0 spiro atoms. The molecule has 0 aliphatic heterocycles. The molecule has 0 bridgehead atoms. The van der Waals surface area contributed by atoms with Crippen LogP contribution in [0.3, 0.4) is 0 Å². The molecule has 21 nitrogen and oxygen atoms in total. The number of ether oxygens (including phenoxy) is 9. The lowest BCUT2D eigenvalue weighted by Gasteiger charge is -2.22. The van der Waals surface area contributed by atoms with Crippen molar-refractivity contribution in [2.45, 2.75) is 96.3 Å². The van der Waals surface area contributed by atoms with E-state index in [1.54, 1.807) is 0 Å². The molecule has 0 aliphatic carbocycles. The summed E-state index contributed by atoms with van der Waals surface area (Å²) in [5, 5.41) is 13.0. The third-order valence-corrected chi connectivity index (χ3v) is 23.1. The first kappa shape index (κ1) is 93.2. The number of carbonyl (C=O) groups is 9. The van der Waals surface area contributed by atoms with Crippen molar-refractivity contribution in [2.24, 2.45) is 0 Å². The number of hydrogen-bond acceptors (Lipinski definition) is 21. The minimum Gasteiger partial charge on any atom is -0.465 e. The van der Waals surface area contributed by atoms with E-state index in [9.17, 15) is 43.2 Å². The Morgan fingerprint density at radius 1 is 0.186 bits per heavy atom. The van der Waals surface area contributed by atoms with Gasteiger partial charge in [0.2, 0.25) is 0 Å². The SMILES string of the molecule is O=C(CCN(CCCOC(=O)c1cc(C(=O)OCCCN(CCC(=O)OCCc2cccc3ccccc23)CCC(=O)OCCc2cccc3ccccc23)cc(C(=O)OCCCN(CCC(=O)OCCc2cccc3ccccc23)CCC(=O)OCCc2cccc3ccccc23)c1)CCC(=O)OCCc1cccc2ccccc12)OCCc1cccc2ccccc12. The van der Waals surface area contributed by atoms with E-state index in [-0.39, 0.29) is 193 Å². The first-order valence-electron chi connectivity index (χ1n) is 44.8. The van der Waals surface area contributed by atoms with E-state index in [2.05, 4.69) is 0 Å². The van der Waals surface area contributed by atoms with Crippen molar-refractivity contribution in [3.05, 3.63) is 323 Å². The van der Waals surface area contributed by atoms with E-state index in [0.717, 1.165) is 98.0 Å². The van der Waals surface area contributed by atoms with Crippen LogP contribution in [0.15, 0.2) is 273 Å². The summed E-state index contributed by atoms with van der Waals surface area (Å²) in [6, 6.07) is 88.2. The van der Waals surface area contributed by atoms with Crippen molar-refractivity contribution in [3.8, 4) is 0 Å². The average molecular weight is 1740 g/mol. The average Bonchev–Trinajstić information content (AvgIpc) is 0.829. The topological polar surface area (TPSA) is 246 Å². The molecular formula is C108H111N3O18. The van der Waals surface area contributed by atoms with Gasteiger partial charge in [0.1, 0.15) is 0 Å². The molecule has 0 N–H and O–H groups in total. The summed E-state index contributed by atoms with van der Waals surface area (Å²) in [5.74, 6) is -5.15. The first-order chi connectivity index (χ1) is 63.2. The van der Waals surface area contributed by atoms with Crippen molar-refractivity contribution in [1.82, 2.24) is 14.7 Å². The Hall–Kier alpha value is -13.5. The van der Waals surface area contributed by atoms with Gasteiger partial charge in [0, 0.05) is 97.4 Å². The fourth-order valence-corrected chi connectivity index (χ4v) is 16.2. The first-order valence-corrected chi connectivity index (χ1v) is 44.8. The van der Waals surface area contributed by atoms with Crippen LogP contribution in [0.2, 0.25) is 0 Å². The third kappa shape index (κ3) is 29.0. The number of hydrogen-bond donors (Lipinski definition) is 0. The molecule has 0 aliphatic rings. The van der Waals surface area contributed by atoms with E-state index in [4.69, 9.17) is 42.6 Å². The second kappa shape index (κ2) is 49.6. The van der Waals surface area contributed by atoms with Gasteiger partial charge in [0.05, 0.1) is 115 Å². The minimum absolute atomic E-state index is 0.00812. The lowest BCUT2D eigenvalue weighted by Crippen LogP contribution is -2.31. The molecule has 0 radical (unpaired) electrons. The Labute approximate surface area is 752 Å². The van der Waals surface area contributed by atoms with Gasteiger partial charge in [-0.25, -0.2) is 14.4 Å². The maximum atomic E-state index is 14.4. The second-order valence-electron chi connectivity index (χ2n) is 31.9. The van der Waals surface area contributed by atoms with E-state index in [1.165, 1.54) is 18.2 Å². The molecule has 21 heteroatoms. The maximum absolute atomic E-state index is 14.4. The number of carbonyl (C=O) groups excluding carboxylic acids is 9. The van der Waals surface area contributed by atoms with Crippen LogP contribution >= 0.6 is 0 Å². The molecule has 0 saturated heterocycles. The molecular weight excluding hydrogens is 1630 g/mol. The largest absolute Gasteiger partial charge is 0.465 e. The van der Waals surface area contributed by atoms with E-state index in [1.807, 2.05) is 269 Å². The van der Waals surface area contributed by atoms with Gasteiger partial charge in [0.15, 0.2) is 0 Å². The monoisotopic (exact) mass is 1740 g/mol. The summed E-state index contributed by atoms with van der Waals surface area (Å²) >= 11 is 0. The predicted octanol–water partition coefficient (Wildman–Crippen LogP) is 18.2. The van der Waals surface area contributed by atoms with Gasteiger partial charge in [-0.15, -0.1) is 0 Å². The molecule has 13 rings (SSSR count). The van der Waals surface area contributed by atoms with Crippen LogP contribution in [0, 0.1) is 0 Å². The highest BCUT2D eigenvalue weighted by molar-refractivity contribution is 6.01. The molecule has 0 saturated carbocycles. The molecule has 0 aromatic heterocycles. The van der Waals surface area contributed by atoms with Gasteiger partial charge >= 0.3 is 53.7 Å². The molecule has 666 valence electrons. The number of fused-ring (bicyclic) bond motifs is 6. The molecule has 13 aromatic rings. The predicted molar refractivity (Wildman–Crippen MR) is 500 cm³/mol. The number of benzene rings is 13. The Kier molecular flexibility index (Phi) is 35.8. The summed E-state index contributed by atoms with van der Waals surface area (Å²) in [6.07, 6.45) is 3.85. The lowest BCUT2D eigenvalue weighted by atomic mass is 10.0. The van der Waals surface area contributed by atoms with E-state index >= 15 is 0 Å². The molecule has 0 atom stereocenters. The van der Waals surface area contributed by atoms with Crippen LogP contribution in [-0.2, 0) is 110 Å². The standard InChI is InChI=1S/C108H111N3O18/c112-100(121-70-52-85-34-13-28-79-22-1-7-40-94(79)85)46-61-109(62-47-101(113)122-71-53-86-35-14-29-80-23-2-8-41-95(80)86)58-19-67-127-106(118)91-76-92(107(119)128-68-20-59-110(63-48-102(114)123-72-54-87-36-15-30-81-24-3-9-42-96(81)87)64-49-103(115)124-73-55-88-37-16-31-82-25-4-10-43-97(82)88)78-93(77-91)108(120)129-69-21-60-111(65-50-104(116)125-74-56-89-38-17-32-83-26-5-11-44-98(83)89)66-51-105(117)126-75-57-90-39-18-33-84-27-6-12-45-99(84)90/h1-18,22-45,76-78H,19-21,46-75H2. The number of rotatable bonds is 51. The van der Waals surface area contributed by atoms with Gasteiger partial charge in [-0.05, 0) is 135 Å². The highest BCUT2D eigenvalue weighted by Gasteiger charge is 2.23. The van der Waals surface area contributed by atoms with Crippen LogP contribution in [0.5, 0.6) is 0 Å². The van der Waals surface area contributed by atoms with E-state index in [0.29, 0.717) is 38.5 Å². The van der Waals surface area contributed by atoms with Crippen molar-refractivity contribution in [3.63, 3.8) is 0 Å². The summed E-state index contributed by atoms with van der Waals surface area (Å²) in [7, 11) is 0. The smallest absolute Gasteiger partial charge is 0.338 e. The number of esters is 9. The maximum Gasteiger partial charge on any atom is 0.338 e. The van der Waals surface area contributed by atoms with Crippen LogP contribution in [-0.4, -0.2) is 187 Å². The van der Waals surface area contributed by atoms with Gasteiger partial charge in [-0.3, -0.25) is 28.8 Å². The van der Waals surface area contributed by atoms with Gasteiger partial charge < -0.3 is 57.3 Å². The van der Waals surface area contributed by atoms with Crippen molar-refractivity contribution < 1.29 is 85.8 Å². The third-order valence-electron chi connectivity index (χ3n) is 23.1. The second-order valence-corrected chi connectivity index (χ2v) is 31.9. The zero-order valence-corrected chi connectivity index (χ0v) is 73.0. The van der Waals surface area contributed by atoms with Crippen molar-refractivity contribution in [1.29, 1.82) is 0 Å². The molecule has 0 fully saturated rings. The van der Waals surface area contributed by atoms with Crippen molar-refractivity contribution in [2.75, 3.05) is 118 Å². The Balaban J connectivity index is 0.657. The molecule has 0 amide bonds. The quantitative estimate of drug-likeness (QED) is 0.0195. The molecule has 0 unspecified atom stereocenters. The van der Waals surface area contributed by atoms with E-state index < -0.39 is 53.7 Å². The fraction of sp³-hybridized carbons (Fsp3) is 0.306. The highest BCUT2D eigenvalue weighted by Crippen LogP contribution is 2.27. The van der Waals surface area contributed by atoms with Crippen LogP contribution < -0.4 is 0 Å². The fourth-order valence-electron chi connectivity index (χ4n) is 16.2. The zero-order valence-electron chi connectivity index (χ0n) is 73.0. The Morgan fingerprint density at radius 2 is 0.357 bits per heavy atom. The van der Waals surface area contributed by atoms with Crippen molar-refractivity contribution >= 4 is 118 Å². The van der Waals surface area contributed by atoms with Gasteiger partial charge in [-0.1, -0.05) is 255 Å². The Bertz CT molecular complexity index is 5070. The highest BCUT2D eigenvalue weighted by atomic mass is 16.6. The summed E-state index contributed by atoms with van der Waals surface area (Å²) < 4.78 is 52.2. The van der Waals surface area contributed by atoms with Crippen LogP contribution in [0.4, 0.5) is 0 Å².